The number of halogens is 1. The number of hydrogen-bond donors (Lipinski definition) is 0. The first-order chi connectivity index (χ1) is 9.83. The Morgan fingerprint density at radius 3 is 2.48 bits per heavy atom. The van der Waals surface area contributed by atoms with Gasteiger partial charge in [-0.25, -0.2) is 4.57 Å². The maximum Gasteiger partial charge on any atom is 0.169 e. The van der Waals surface area contributed by atoms with Crippen LogP contribution in [0.3, 0.4) is 0 Å². The van der Waals surface area contributed by atoms with E-state index in [2.05, 4.69) is 54.9 Å². The van der Waals surface area contributed by atoms with E-state index in [1.165, 1.54) is 21.7 Å². The van der Waals surface area contributed by atoms with E-state index in [0.717, 1.165) is 11.1 Å². The molecule has 21 heavy (non-hydrogen) atoms. The third kappa shape index (κ3) is 2.31. The molecule has 0 fully saturated rings. The van der Waals surface area contributed by atoms with Gasteiger partial charge in [0.05, 0.1) is 6.26 Å². The number of hydrogen-bond acceptors (Lipinski definition) is 1. The molecule has 0 radical (unpaired) electrons. The van der Waals surface area contributed by atoms with Crippen molar-refractivity contribution in [1.82, 2.24) is 0 Å². The molecule has 4 aromatic rings. The minimum absolute atomic E-state index is 0. The van der Waals surface area contributed by atoms with Crippen LogP contribution in [-0.4, -0.2) is 0 Å². The summed E-state index contributed by atoms with van der Waals surface area (Å²) in [5.74, 6) is 0. The van der Waals surface area contributed by atoms with Gasteiger partial charge in [0.15, 0.2) is 12.4 Å². The minimum atomic E-state index is 0. The zero-order chi connectivity index (χ0) is 13.5. The van der Waals surface area contributed by atoms with E-state index in [1.807, 2.05) is 23.9 Å². The van der Waals surface area contributed by atoms with E-state index in [-0.39, 0.29) is 24.0 Å². The molecule has 0 unspecified atom stereocenters. The number of aromatic nitrogens is 1. The van der Waals surface area contributed by atoms with Gasteiger partial charge in [0.1, 0.15) is 12.6 Å². The van der Waals surface area contributed by atoms with Gasteiger partial charge >= 0.3 is 0 Å². The molecule has 3 heteroatoms. The monoisotopic (exact) mass is 387 g/mol. The minimum Gasteiger partial charge on any atom is -1.00 e. The third-order valence-corrected chi connectivity index (χ3v) is 3.75. The van der Waals surface area contributed by atoms with Gasteiger partial charge < -0.3 is 28.4 Å². The molecule has 0 aliphatic carbocycles. The number of aryl methyl sites for hydroxylation is 1. The summed E-state index contributed by atoms with van der Waals surface area (Å²) in [6, 6.07) is 16.8. The Hall–Kier alpha value is -1.88. The van der Waals surface area contributed by atoms with Gasteiger partial charge in [-0.3, -0.25) is 0 Å². The molecule has 0 saturated carbocycles. The first-order valence-corrected chi connectivity index (χ1v) is 6.67. The average Bonchev–Trinajstić information content (AvgIpc) is 2.92. The fraction of sp³-hybridized carbons (Fsp3) is 0.0556. The molecular weight excluding hydrogens is 373 g/mol. The quantitative estimate of drug-likeness (QED) is 0.353. The smallest absolute Gasteiger partial charge is 0.169 e. The number of pyridine rings is 1. The van der Waals surface area contributed by atoms with Crippen molar-refractivity contribution in [3.05, 3.63) is 67.2 Å². The first kappa shape index (κ1) is 14.1. The molecule has 2 nitrogen and oxygen atoms in total. The number of benzene rings is 2. The number of furan rings is 1. The fourth-order valence-corrected chi connectivity index (χ4v) is 2.70. The van der Waals surface area contributed by atoms with Crippen LogP contribution in [-0.2, 0) is 7.05 Å². The molecule has 0 spiro atoms. The maximum absolute atomic E-state index is 5.73. The molecule has 2 aromatic heterocycles. The Morgan fingerprint density at radius 1 is 0.905 bits per heavy atom. The SMILES string of the molecule is C[n+]1ccc(-c2coc3ccc4ccccc4c23)cc1.[I-]. The van der Waals surface area contributed by atoms with Crippen molar-refractivity contribution in [3.63, 3.8) is 0 Å². The lowest BCUT2D eigenvalue weighted by atomic mass is 10.0. The van der Waals surface area contributed by atoms with Crippen LogP contribution in [0.1, 0.15) is 0 Å². The van der Waals surface area contributed by atoms with Crippen molar-refractivity contribution in [2.45, 2.75) is 0 Å². The normalized spacial score (nSPS) is 10.7. The lowest BCUT2D eigenvalue weighted by molar-refractivity contribution is -0.671. The molecule has 2 heterocycles. The van der Waals surface area contributed by atoms with Gasteiger partial charge in [-0.05, 0) is 22.4 Å². The van der Waals surface area contributed by atoms with E-state index in [4.69, 9.17) is 4.42 Å². The van der Waals surface area contributed by atoms with Crippen LogP contribution < -0.4 is 28.5 Å². The molecule has 0 aliphatic heterocycles. The van der Waals surface area contributed by atoms with E-state index in [0.29, 0.717) is 0 Å². The second kappa shape index (κ2) is 5.48. The lowest BCUT2D eigenvalue weighted by Gasteiger charge is -2.02. The molecule has 0 atom stereocenters. The molecule has 104 valence electrons. The fourth-order valence-electron chi connectivity index (χ4n) is 2.70. The summed E-state index contributed by atoms with van der Waals surface area (Å²) in [5.41, 5.74) is 3.27. The molecule has 0 aliphatic rings. The molecule has 0 saturated heterocycles. The number of rotatable bonds is 1. The molecule has 0 amide bonds. The summed E-state index contributed by atoms with van der Waals surface area (Å²) in [4.78, 5) is 0. The van der Waals surface area contributed by atoms with E-state index < -0.39 is 0 Å². The summed E-state index contributed by atoms with van der Waals surface area (Å²) < 4.78 is 7.77. The summed E-state index contributed by atoms with van der Waals surface area (Å²) in [6.45, 7) is 0. The topological polar surface area (TPSA) is 17.0 Å². The van der Waals surface area contributed by atoms with Crippen LogP contribution in [0.15, 0.2) is 71.6 Å². The Kier molecular flexibility index (Phi) is 3.68. The highest BCUT2D eigenvalue weighted by atomic mass is 127. The van der Waals surface area contributed by atoms with E-state index >= 15 is 0 Å². The van der Waals surface area contributed by atoms with E-state index in [9.17, 15) is 0 Å². The summed E-state index contributed by atoms with van der Waals surface area (Å²) in [6.07, 6.45) is 5.96. The van der Waals surface area contributed by atoms with Gasteiger partial charge in [-0.1, -0.05) is 30.3 Å². The highest BCUT2D eigenvalue weighted by Gasteiger charge is 2.12. The van der Waals surface area contributed by atoms with Crippen molar-refractivity contribution in [1.29, 1.82) is 0 Å². The molecule has 2 aromatic carbocycles. The molecule has 0 N–H and O–H groups in total. The van der Waals surface area contributed by atoms with Crippen molar-refractivity contribution < 1.29 is 33.0 Å². The van der Waals surface area contributed by atoms with Crippen LogP contribution in [0.4, 0.5) is 0 Å². The second-order valence-electron chi connectivity index (χ2n) is 5.06. The van der Waals surface area contributed by atoms with Crippen LogP contribution >= 0.6 is 0 Å². The standard InChI is InChI=1S/C18H14NO.HI/c1-19-10-8-14(9-11-19)16-12-20-17-7-6-13-4-2-3-5-15(13)18(16)17;/h2-12H,1H3;1H/q+1;/p-1. The van der Waals surface area contributed by atoms with Gasteiger partial charge in [-0.2, -0.15) is 0 Å². The summed E-state index contributed by atoms with van der Waals surface area (Å²) >= 11 is 0. The largest absolute Gasteiger partial charge is 1.00 e. The predicted molar refractivity (Wildman–Crippen MR) is 80.3 cm³/mol. The van der Waals surface area contributed by atoms with Gasteiger partial charge in [0.25, 0.3) is 0 Å². The third-order valence-electron chi connectivity index (χ3n) is 3.75. The highest BCUT2D eigenvalue weighted by molar-refractivity contribution is 6.12. The Morgan fingerprint density at radius 2 is 1.67 bits per heavy atom. The van der Waals surface area contributed by atoms with Gasteiger partial charge in [0.2, 0.25) is 0 Å². The maximum atomic E-state index is 5.73. The van der Waals surface area contributed by atoms with Gasteiger partial charge in [0, 0.05) is 23.1 Å². The van der Waals surface area contributed by atoms with Crippen LogP contribution in [0.25, 0.3) is 32.9 Å². The van der Waals surface area contributed by atoms with Crippen LogP contribution in [0.2, 0.25) is 0 Å². The molecular formula is C18H14INO. The Balaban J connectivity index is 0.00000132. The highest BCUT2D eigenvalue weighted by Crippen LogP contribution is 2.35. The number of fused-ring (bicyclic) bond motifs is 3. The zero-order valence-electron chi connectivity index (χ0n) is 11.6. The van der Waals surface area contributed by atoms with Crippen molar-refractivity contribution in [2.75, 3.05) is 0 Å². The lowest BCUT2D eigenvalue weighted by Crippen LogP contribution is -3.00. The summed E-state index contributed by atoms with van der Waals surface area (Å²) in [7, 11) is 2.02. The van der Waals surface area contributed by atoms with Crippen LogP contribution in [0, 0.1) is 0 Å². The van der Waals surface area contributed by atoms with E-state index in [1.54, 1.807) is 0 Å². The predicted octanol–water partition coefficient (Wildman–Crippen LogP) is 1.08. The first-order valence-electron chi connectivity index (χ1n) is 6.67. The van der Waals surface area contributed by atoms with Gasteiger partial charge in [-0.15, -0.1) is 0 Å². The summed E-state index contributed by atoms with van der Waals surface area (Å²) in [5, 5.41) is 3.67. The zero-order valence-corrected chi connectivity index (χ0v) is 13.7. The molecule has 4 rings (SSSR count). The van der Waals surface area contributed by atoms with Crippen molar-refractivity contribution in [2.24, 2.45) is 7.05 Å². The van der Waals surface area contributed by atoms with Crippen molar-refractivity contribution >= 4 is 21.7 Å². The Labute approximate surface area is 140 Å². The number of nitrogens with zero attached hydrogens (tertiary/aromatic N) is 1. The van der Waals surface area contributed by atoms with Crippen molar-refractivity contribution in [3.8, 4) is 11.1 Å². The second-order valence-corrected chi connectivity index (χ2v) is 5.06. The average molecular weight is 387 g/mol. The van der Waals surface area contributed by atoms with Crippen LogP contribution in [0.5, 0.6) is 0 Å². The molecule has 0 bridgehead atoms. The Bertz CT molecular complexity index is 909.